The molecule has 13 heteroatoms. The lowest BCUT2D eigenvalue weighted by atomic mass is 9.77. The van der Waals surface area contributed by atoms with Crippen molar-refractivity contribution in [1.82, 2.24) is 14.3 Å². The predicted molar refractivity (Wildman–Crippen MR) is 156 cm³/mol. The van der Waals surface area contributed by atoms with Gasteiger partial charge < -0.3 is 19.5 Å². The van der Waals surface area contributed by atoms with Crippen LogP contribution < -0.4 is 0 Å². The molecule has 4 heterocycles. The molecule has 0 radical (unpaired) electrons. The summed E-state index contributed by atoms with van der Waals surface area (Å²) in [6, 6.07) is 16.0. The molecule has 2 aromatic carbocycles. The van der Waals surface area contributed by atoms with Crippen LogP contribution in [0.1, 0.15) is 29.1 Å². The number of amides is 1. The van der Waals surface area contributed by atoms with Gasteiger partial charge in [0, 0.05) is 23.9 Å². The first-order valence-electron chi connectivity index (χ1n) is 13.4. The number of fused-ring (bicyclic) bond motifs is 2. The molecular formula is C30H27N3O8S2. The van der Waals surface area contributed by atoms with Crippen LogP contribution in [0.15, 0.2) is 77.8 Å². The van der Waals surface area contributed by atoms with E-state index >= 15 is 0 Å². The summed E-state index contributed by atoms with van der Waals surface area (Å²) >= 11 is 1.12. The number of aromatic nitrogens is 2. The van der Waals surface area contributed by atoms with Gasteiger partial charge in [0.2, 0.25) is 12.7 Å². The number of thiazole rings is 1. The second-order valence-corrected chi connectivity index (χ2v) is 13.5. The molecule has 1 amide bonds. The molecule has 2 aromatic heterocycles. The van der Waals surface area contributed by atoms with E-state index in [4.69, 9.17) is 9.47 Å². The van der Waals surface area contributed by atoms with Crippen molar-refractivity contribution >= 4 is 49.4 Å². The lowest BCUT2D eigenvalue weighted by Crippen LogP contribution is -2.63. The standard InChI is InChI=1S/C30H27N3O8S2/c1-16-22(21-13-32-14-31-26(28(32)42-21)43(3,38)39)25(33-24(16)23(17(2)34)27(33)35)30(37)41-15-40-29(36)20-11-9-19(10-12-20)18-7-5-4-6-8-18/h4-14,16-17,23-24,34H,15H2,1-3H3/t16-,17+,23+,24+/m0/s1. The molecule has 43 heavy (non-hydrogen) atoms. The molecule has 4 atom stereocenters. The highest BCUT2D eigenvalue weighted by Crippen LogP contribution is 2.52. The summed E-state index contributed by atoms with van der Waals surface area (Å²) in [5.41, 5.74) is 2.64. The van der Waals surface area contributed by atoms with Gasteiger partial charge in [0.15, 0.2) is 14.9 Å². The zero-order chi connectivity index (χ0) is 30.6. The number of benzene rings is 2. The number of rotatable bonds is 8. The highest BCUT2D eigenvalue weighted by Gasteiger charge is 2.60. The molecule has 1 N–H and O–H groups in total. The number of aliphatic hydroxyl groups excluding tert-OH is 1. The van der Waals surface area contributed by atoms with Gasteiger partial charge in [0.1, 0.15) is 16.9 Å². The first-order chi connectivity index (χ1) is 20.5. The third-order valence-corrected chi connectivity index (χ3v) is 10.0. The van der Waals surface area contributed by atoms with E-state index in [2.05, 4.69) is 4.98 Å². The van der Waals surface area contributed by atoms with E-state index in [1.807, 2.05) is 37.3 Å². The number of carbonyl (C=O) groups is 3. The maximum atomic E-state index is 13.4. The van der Waals surface area contributed by atoms with Gasteiger partial charge in [-0.1, -0.05) is 49.4 Å². The Morgan fingerprint density at radius 2 is 1.70 bits per heavy atom. The SMILES string of the molecule is C[C@@H](O)[C@H]1C(=O)N2C(C(=O)OCOC(=O)c3ccc(-c4ccccc4)cc3)=C(c3cn4cnc(S(C)(=O)=O)c4s3)[C@H](C)[C@H]12. The average molecular weight is 622 g/mol. The molecule has 0 aliphatic carbocycles. The quantitative estimate of drug-likeness (QED) is 0.178. The minimum Gasteiger partial charge on any atom is -0.424 e. The lowest BCUT2D eigenvalue weighted by Gasteiger charge is -2.46. The van der Waals surface area contributed by atoms with Gasteiger partial charge in [-0.15, -0.1) is 11.3 Å². The number of nitrogens with zero attached hydrogens (tertiary/aromatic N) is 3. The smallest absolute Gasteiger partial charge is 0.358 e. The average Bonchev–Trinajstić information content (AvgIpc) is 3.62. The minimum absolute atomic E-state index is 0.0268. The van der Waals surface area contributed by atoms with Gasteiger partial charge in [0.05, 0.1) is 28.5 Å². The van der Waals surface area contributed by atoms with Gasteiger partial charge in [0.25, 0.3) is 0 Å². The van der Waals surface area contributed by atoms with Crippen molar-refractivity contribution in [2.45, 2.75) is 31.0 Å². The van der Waals surface area contributed by atoms with Crippen LogP contribution in [-0.4, -0.2) is 70.8 Å². The zero-order valence-electron chi connectivity index (χ0n) is 23.3. The third kappa shape index (κ3) is 4.92. The Labute approximate surface area is 250 Å². The van der Waals surface area contributed by atoms with E-state index in [9.17, 15) is 27.9 Å². The van der Waals surface area contributed by atoms with Gasteiger partial charge in [-0.3, -0.25) is 9.20 Å². The normalized spacial score (nSPS) is 20.6. The molecule has 1 saturated heterocycles. The first kappa shape index (κ1) is 28.8. The molecule has 0 saturated carbocycles. The highest BCUT2D eigenvalue weighted by atomic mass is 32.2. The van der Waals surface area contributed by atoms with E-state index in [0.717, 1.165) is 28.7 Å². The van der Waals surface area contributed by atoms with Gasteiger partial charge >= 0.3 is 11.9 Å². The monoisotopic (exact) mass is 621 g/mol. The van der Waals surface area contributed by atoms with Crippen LogP contribution in [0.4, 0.5) is 0 Å². The van der Waals surface area contributed by atoms with E-state index in [1.54, 1.807) is 34.9 Å². The number of sulfone groups is 1. The number of hydrogen-bond acceptors (Lipinski definition) is 10. The van der Waals surface area contributed by atoms with Crippen molar-refractivity contribution in [3.05, 3.63) is 83.3 Å². The van der Waals surface area contributed by atoms with E-state index < -0.39 is 52.5 Å². The maximum Gasteiger partial charge on any atom is 0.358 e. The van der Waals surface area contributed by atoms with Crippen LogP contribution in [0.5, 0.6) is 0 Å². The summed E-state index contributed by atoms with van der Waals surface area (Å²) in [5, 5.41) is 10.2. The molecular weight excluding hydrogens is 594 g/mol. The van der Waals surface area contributed by atoms with Crippen LogP contribution >= 0.6 is 11.3 Å². The van der Waals surface area contributed by atoms with Crippen molar-refractivity contribution in [2.75, 3.05) is 13.0 Å². The van der Waals surface area contributed by atoms with Crippen LogP contribution in [0.2, 0.25) is 0 Å². The number of aliphatic hydroxyl groups is 1. The fourth-order valence-corrected chi connectivity index (χ4v) is 8.11. The third-order valence-electron chi connectivity index (χ3n) is 7.77. The zero-order valence-corrected chi connectivity index (χ0v) is 25.0. The lowest BCUT2D eigenvalue weighted by molar-refractivity contribution is -0.166. The summed E-state index contributed by atoms with van der Waals surface area (Å²) in [4.78, 5) is 45.4. The van der Waals surface area contributed by atoms with Crippen molar-refractivity contribution < 1.29 is 37.4 Å². The van der Waals surface area contributed by atoms with Gasteiger partial charge in [-0.2, -0.15) is 0 Å². The largest absolute Gasteiger partial charge is 0.424 e. The molecule has 1 fully saturated rings. The molecule has 0 unspecified atom stereocenters. The minimum atomic E-state index is -3.61. The molecule has 0 spiro atoms. The summed E-state index contributed by atoms with van der Waals surface area (Å²) in [6.07, 6.45) is 3.13. The van der Waals surface area contributed by atoms with Gasteiger partial charge in [-0.25, -0.2) is 23.0 Å². The Hall–Kier alpha value is -4.33. The fraction of sp³-hybridized carbons (Fsp3) is 0.267. The molecule has 2 aliphatic rings. The Kier molecular flexibility index (Phi) is 7.19. The fourth-order valence-electron chi connectivity index (χ4n) is 5.76. The topological polar surface area (TPSA) is 145 Å². The molecule has 222 valence electrons. The van der Waals surface area contributed by atoms with Crippen LogP contribution in [0.3, 0.4) is 0 Å². The van der Waals surface area contributed by atoms with Gasteiger partial charge in [-0.05, 0) is 30.2 Å². The molecule has 6 rings (SSSR count). The second kappa shape index (κ2) is 10.7. The summed E-state index contributed by atoms with van der Waals surface area (Å²) in [5.74, 6) is -3.10. The number of hydrogen-bond donors (Lipinski definition) is 1. The molecule has 0 bridgehead atoms. The van der Waals surface area contributed by atoms with Crippen molar-refractivity contribution in [1.29, 1.82) is 0 Å². The second-order valence-electron chi connectivity index (χ2n) is 10.6. The Bertz CT molecular complexity index is 1890. The number of β-lactam (4-membered cyclic amide) rings is 1. The first-order valence-corrected chi connectivity index (χ1v) is 16.1. The van der Waals surface area contributed by atoms with Crippen LogP contribution in [0, 0.1) is 11.8 Å². The Morgan fingerprint density at radius 1 is 1.05 bits per heavy atom. The number of carbonyl (C=O) groups excluding carboxylic acids is 3. The molecule has 2 aliphatic heterocycles. The summed E-state index contributed by atoms with van der Waals surface area (Å²) < 4.78 is 36.5. The van der Waals surface area contributed by atoms with Crippen LogP contribution in [-0.2, 0) is 28.9 Å². The number of ether oxygens (including phenoxy) is 2. The molecule has 4 aromatic rings. The van der Waals surface area contributed by atoms with Crippen molar-refractivity contribution in [2.24, 2.45) is 11.8 Å². The number of esters is 2. The van der Waals surface area contributed by atoms with E-state index in [-0.39, 0.29) is 22.2 Å². The van der Waals surface area contributed by atoms with Crippen LogP contribution in [0.25, 0.3) is 21.5 Å². The Balaban J connectivity index is 1.24. The van der Waals surface area contributed by atoms with E-state index in [1.165, 1.54) is 18.2 Å². The predicted octanol–water partition coefficient (Wildman–Crippen LogP) is 3.39. The Morgan fingerprint density at radius 3 is 2.35 bits per heavy atom. The molecule has 11 nitrogen and oxygen atoms in total. The summed E-state index contributed by atoms with van der Waals surface area (Å²) in [6.45, 7) is 2.66. The van der Waals surface area contributed by atoms with E-state index in [0.29, 0.717) is 15.3 Å². The number of imidazole rings is 1. The van der Waals surface area contributed by atoms with Crippen molar-refractivity contribution in [3.8, 4) is 11.1 Å². The van der Waals surface area contributed by atoms with Crippen molar-refractivity contribution in [3.63, 3.8) is 0 Å². The maximum absolute atomic E-state index is 13.4. The highest BCUT2D eigenvalue weighted by molar-refractivity contribution is 7.91. The summed E-state index contributed by atoms with van der Waals surface area (Å²) in [7, 11) is -3.61.